The molecule has 2 unspecified atom stereocenters. The zero-order chi connectivity index (χ0) is 10.9. The van der Waals surface area contributed by atoms with Gasteiger partial charge >= 0.3 is 0 Å². The van der Waals surface area contributed by atoms with E-state index in [1.807, 2.05) is 0 Å². The van der Waals surface area contributed by atoms with Crippen LogP contribution in [0.25, 0.3) is 0 Å². The molecule has 0 N–H and O–H groups in total. The summed E-state index contributed by atoms with van der Waals surface area (Å²) in [5.41, 5.74) is 0.574. The van der Waals surface area contributed by atoms with Crippen molar-refractivity contribution in [3.05, 3.63) is 0 Å². The van der Waals surface area contributed by atoms with Crippen molar-refractivity contribution in [1.29, 1.82) is 0 Å². The third-order valence-corrected chi connectivity index (χ3v) is 4.33. The smallest absolute Gasteiger partial charge is 0.00749 e. The van der Waals surface area contributed by atoms with E-state index in [4.69, 9.17) is 0 Å². The molecule has 0 bridgehead atoms. The predicted molar refractivity (Wildman–Crippen MR) is 63.5 cm³/mol. The number of hydrogen-bond donors (Lipinski definition) is 0. The van der Waals surface area contributed by atoms with Gasteiger partial charge in [-0.3, -0.25) is 4.90 Å². The molecule has 1 saturated heterocycles. The number of piperidine rings is 1. The van der Waals surface area contributed by atoms with E-state index in [-0.39, 0.29) is 0 Å². The number of hydrogen-bond acceptors (Lipinski definition) is 1. The lowest BCUT2D eigenvalue weighted by Gasteiger charge is -2.47. The van der Waals surface area contributed by atoms with Crippen LogP contribution in [0.15, 0.2) is 0 Å². The molecule has 1 fully saturated rings. The maximum Gasteiger partial charge on any atom is 0.00749 e. The van der Waals surface area contributed by atoms with Crippen molar-refractivity contribution in [3.8, 4) is 0 Å². The first-order valence-electron chi connectivity index (χ1n) is 6.12. The molecule has 1 heteroatoms. The van der Waals surface area contributed by atoms with Crippen LogP contribution in [0.5, 0.6) is 0 Å². The molecule has 0 aliphatic carbocycles. The molecule has 1 rings (SSSR count). The molecule has 0 spiro atoms. The van der Waals surface area contributed by atoms with Gasteiger partial charge in [0.1, 0.15) is 0 Å². The fourth-order valence-corrected chi connectivity index (χ4v) is 2.79. The highest BCUT2D eigenvalue weighted by atomic mass is 15.2. The summed E-state index contributed by atoms with van der Waals surface area (Å²) in [6.45, 7) is 15.5. The predicted octanol–water partition coefficient (Wildman–Crippen LogP) is 3.54. The Hall–Kier alpha value is -0.0400. The molecule has 1 heterocycles. The zero-order valence-corrected chi connectivity index (χ0v) is 10.8. The number of rotatable bonds is 2. The van der Waals surface area contributed by atoms with Gasteiger partial charge in [-0.15, -0.1) is 0 Å². The average Bonchev–Trinajstić information content (AvgIpc) is 2.02. The van der Waals surface area contributed by atoms with Crippen LogP contribution in [0.2, 0.25) is 0 Å². The van der Waals surface area contributed by atoms with Crippen LogP contribution < -0.4 is 0 Å². The molecule has 0 aromatic heterocycles. The van der Waals surface area contributed by atoms with Crippen molar-refractivity contribution in [2.45, 2.75) is 66.5 Å². The molecular weight excluding hydrogens is 170 g/mol. The second kappa shape index (κ2) is 4.22. The third kappa shape index (κ3) is 2.31. The van der Waals surface area contributed by atoms with E-state index in [9.17, 15) is 0 Å². The summed E-state index contributed by atoms with van der Waals surface area (Å²) < 4.78 is 0. The molecular formula is C13H27N. The summed E-state index contributed by atoms with van der Waals surface area (Å²) in [6.07, 6.45) is 2.73. The van der Waals surface area contributed by atoms with E-state index in [0.717, 1.165) is 12.0 Å². The molecule has 1 nitrogen and oxygen atoms in total. The number of nitrogens with zero attached hydrogens (tertiary/aromatic N) is 1. The van der Waals surface area contributed by atoms with Crippen molar-refractivity contribution in [3.63, 3.8) is 0 Å². The summed E-state index contributed by atoms with van der Waals surface area (Å²) in [4.78, 5) is 2.64. The first-order chi connectivity index (χ1) is 6.37. The van der Waals surface area contributed by atoms with Crippen LogP contribution in [0, 0.1) is 11.3 Å². The molecule has 0 saturated carbocycles. The summed E-state index contributed by atoms with van der Waals surface area (Å²) >= 11 is 0. The van der Waals surface area contributed by atoms with Crippen molar-refractivity contribution in [2.24, 2.45) is 11.3 Å². The first kappa shape index (κ1) is 12.0. The monoisotopic (exact) mass is 197 g/mol. The minimum Gasteiger partial charge on any atom is -0.298 e. The van der Waals surface area contributed by atoms with E-state index in [1.165, 1.54) is 19.4 Å². The van der Waals surface area contributed by atoms with Crippen LogP contribution in [0.4, 0.5) is 0 Å². The molecule has 14 heavy (non-hydrogen) atoms. The molecule has 84 valence electrons. The van der Waals surface area contributed by atoms with Crippen LogP contribution in [0.3, 0.4) is 0 Å². The van der Waals surface area contributed by atoms with Crippen LogP contribution in [-0.2, 0) is 0 Å². The van der Waals surface area contributed by atoms with E-state index >= 15 is 0 Å². The second-order valence-electron chi connectivity index (χ2n) is 5.94. The van der Waals surface area contributed by atoms with Crippen molar-refractivity contribution in [2.75, 3.05) is 6.54 Å². The van der Waals surface area contributed by atoms with Gasteiger partial charge < -0.3 is 0 Å². The van der Waals surface area contributed by atoms with Crippen molar-refractivity contribution >= 4 is 0 Å². The standard InChI is InChI=1S/C13H27N/c1-10(2)13(6)7-8-14(11(3)4)12(5)9-13/h10-12H,7-9H2,1-6H3. The third-order valence-electron chi connectivity index (χ3n) is 4.33. The Morgan fingerprint density at radius 3 is 2.14 bits per heavy atom. The SMILES string of the molecule is CC(C)N1CCC(C)(C(C)C)CC1C. The van der Waals surface area contributed by atoms with E-state index in [0.29, 0.717) is 11.5 Å². The Bertz CT molecular complexity index is 186. The van der Waals surface area contributed by atoms with Crippen LogP contribution >= 0.6 is 0 Å². The molecule has 0 amide bonds. The minimum atomic E-state index is 0.574. The van der Waals surface area contributed by atoms with E-state index in [1.54, 1.807) is 0 Å². The molecule has 2 atom stereocenters. The van der Waals surface area contributed by atoms with Gasteiger partial charge in [-0.05, 0) is 51.5 Å². The minimum absolute atomic E-state index is 0.574. The fourth-order valence-electron chi connectivity index (χ4n) is 2.79. The normalized spacial score (nSPS) is 35.6. The summed E-state index contributed by atoms with van der Waals surface area (Å²) in [6, 6.07) is 1.47. The average molecular weight is 197 g/mol. The van der Waals surface area contributed by atoms with E-state index in [2.05, 4.69) is 46.4 Å². The Kier molecular flexibility index (Phi) is 3.63. The van der Waals surface area contributed by atoms with Gasteiger partial charge in [-0.2, -0.15) is 0 Å². The molecule has 0 aromatic rings. The lowest BCUT2D eigenvalue weighted by molar-refractivity contribution is 0.0204. The quantitative estimate of drug-likeness (QED) is 0.654. The topological polar surface area (TPSA) is 3.24 Å². The van der Waals surface area contributed by atoms with Gasteiger partial charge in [0, 0.05) is 12.1 Å². The largest absolute Gasteiger partial charge is 0.298 e. The Morgan fingerprint density at radius 2 is 1.79 bits per heavy atom. The summed E-state index contributed by atoms with van der Waals surface area (Å²) in [5.74, 6) is 0.819. The maximum absolute atomic E-state index is 2.64. The van der Waals surface area contributed by atoms with Crippen LogP contribution in [0.1, 0.15) is 54.4 Å². The number of likely N-dealkylation sites (tertiary alicyclic amines) is 1. The van der Waals surface area contributed by atoms with Gasteiger partial charge in [0.2, 0.25) is 0 Å². The van der Waals surface area contributed by atoms with Gasteiger partial charge in [0.25, 0.3) is 0 Å². The Labute approximate surface area is 89.9 Å². The Balaban J connectivity index is 2.63. The van der Waals surface area contributed by atoms with E-state index < -0.39 is 0 Å². The highest BCUT2D eigenvalue weighted by Gasteiger charge is 2.37. The first-order valence-corrected chi connectivity index (χ1v) is 6.12. The lowest BCUT2D eigenvalue weighted by Crippen LogP contribution is -2.49. The highest BCUT2D eigenvalue weighted by molar-refractivity contribution is 4.89. The highest BCUT2D eigenvalue weighted by Crippen LogP contribution is 2.41. The molecule has 0 aromatic carbocycles. The van der Waals surface area contributed by atoms with Gasteiger partial charge in [0.05, 0.1) is 0 Å². The molecule has 0 radical (unpaired) electrons. The van der Waals surface area contributed by atoms with Crippen LogP contribution in [-0.4, -0.2) is 23.5 Å². The summed E-state index contributed by atoms with van der Waals surface area (Å²) in [5, 5.41) is 0. The zero-order valence-electron chi connectivity index (χ0n) is 10.8. The van der Waals surface area contributed by atoms with Gasteiger partial charge in [-0.25, -0.2) is 0 Å². The molecule has 1 aliphatic rings. The summed E-state index contributed by atoms with van der Waals surface area (Å²) in [7, 11) is 0. The lowest BCUT2D eigenvalue weighted by atomic mass is 9.69. The maximum atomic E-state index is 2.64. The fraction of sp³-hybridized carbons (Fsp3) is 1.00. The van der Waals surface area contributed by atoms with Gasteiger partial charge in [-0.1, -0.05) is 20.8 Å². The van der Waals surface area contributed by atoms with Crippen molar-refractivity contribution in [1.82, 2.24) is 4.90 Å². The van der Waals surface area contributed by atoms with Crippen molar-refractivity contribution < 1.29 is 0 Å². The molecule has 1 aliphatic heterocycles. The Morgan fingerprint density at radius 1 is 1.21 bits per heavy atom. The second-order valence-corrected chi connectivity index (χ2v) is 5.94. The van der Waals surface area contributed by atoms with Gasteiger partial charge in [0.15, 0.2) is 0 Å².